The van der Waals surface area contributed by atoms with Crippen LogP contribution in [0.2, 0.25) is 0 Å². The number of aromatic hydroxyl groups is 1. The minimum Gasteiger partial charge on any atom is -0.507 e. The summed E-state index contributed by atoms with van der Waals surface area (Å²) in [4.78, 5) is 12.8. The van der Waals surface area contributed by atoms with E-state index >= 15 is 0 Å². The molecule has 4 nitrogen and oxygen atoms in total. The van der Waals surface area contributed by atoms with Gasteiger partial charge in [-0.1, -0.05) is 25.0 Å². The number of nitrogens with zero attached hydrogens (tertiary/aromatic N) is 1. The number of carbonyl (C=O) groups is 1. The topological polar surface area (TPSA) is 61.7 Å². The molecule has 4 aliphatic rings. The van der Waals surface area contributed by atoms with Gasteiger partial charge >= 0.3 is 0 Å². The van der Waals surface area contributed by atoms with E-state index in [1.807, 2.05) is 6.07 Å². The average Bonchev–Trinajstić information content (AvgIpc) is 2.75. The van der Waals surface area contributed by atoms with Crippen LogP contribution in [0.5, 0.6) is 5.75 Å². The van der Waals surface area contributed by atoms with Crippen LogP contribution in [0.25, 0.3) is 0 Å². The van der Waals surface area contributed by atoms with Gasteiger partial charge in [0.2, 0.25) is 5.91 Å². The number of hydrogen-bond acceptors (Lipinski definition) is 3. The van der Waals surface area contributed by atoms with Gasteiger partial charge in [0.1, 0.15) is 5.75 Å². The van der Waals surface area contributed by atoms with Gasteiger partial charge in [0.25, 0.3) is 0 Å². The first kappa shape index (κ1) is 14.7. The Hall–Kier alpha value is -1.84. The molecule has 23 heavy (non-hydrogen) atoms. The minimum atomic E-state index is -0.191. The molecule has 0 unspecified atom stereocenters. The van der Waals surface area contributed by atoms with Crippen LogP contribution in [0.3, 0.4) is 0 Å². The van der Waals surface area contributed by atoms with Crippen molar-refractivity contribution in [3.63, 3.8) is 0 Å². The normalized spacial score (nSPS) is 35.4. The van der Waals surface area contributed by atoms with E-state index in [2.05, 4.69) is 10.5 Å². The van der Waals surface area contributed by atoms with Crippen molar-refractivity contribution in [3.8, 4) is 5.75 Å². The van der Waals surface area contributed by atoms with Crippen molar-refractivity contribution in [2.45, 2.75) is 44.9 Å². The highest BCUT2D eigenvalue weighted by Gasteiger charge is 2.52. The zero-order valence-electron chi connectivity index (χ0n) is 13.4. The third kappa shape index (κ3) is 2.75. The maximum Gasteiger partial charge on any atom is 0.246 e. The largest absolute Gasteiger partial charge is 0.507 e. The number of hydrogen-bond donors (Lipinski definition) is 2. The molecule has 122 valence electrons. The Kier molecular flexibility index (Phi) is 3.63. The number of amides is 1. The molecule has 4 bridgehead atoms. The van der Waals surface area contributed by atoms with Crippen molar-refractivity contribution in [3.05, 3.63) is 29.8 Å². The zero-order valence-corrected chi connectivity index (χ0v) is 13.4. The van der Waals surface area contributed by atoms with E-state index in [0.717, 1.165) is 37.0 Å². The fourth-order valence-electron chi connectivity index (χ4n) is 5.35. The van der Waals surface area contributed by atoms with Gasteiger partial charge in [0, 0.05) is 5.56 Å². The molecule has 4 heteroatoms. The first-order valence-corrected chi connectivity index (χ1v) is 8.76. The molecule has 5 rings (SSSR count). The second-order valence-electron chi connectivity index (χ2n) is 7.80. The van der Waals surface area contributed by atoms with E-state index in [9.17, 15) is 9.90 Å². The highest BCUT2D eigenvalue weighted by Crippen LogP contribution is 2.57. The van der Waals surface area contributed by atoms with Gasteiger partial charge in [-0.15, -0.1) is 0 Å². The number of rotatable bonds is 3. The fraction of sp³-hybridized carbons (Fsp3) is 0.579. The van der Waals surface area contributed by atoms with Crippen molar-refractivity contribution in [1.29, 1.82) is 0 Å². The second-order valence-corrected chi connectivity index (χ2v) is 7.80. The molecule has 1 amide bonds. The summed E-state index contributed by atoms with van der Waals surface area (Å²) in [5.41, 5.74) is 3.19. The summed E-state index contributed by atoms with van der Waals surface area (Å²) in [6, 6.07) is 7.00. The molecule has 4 fully saturated rings. The molecule has 0 aromatic heterocycles. The Labute approximate surface area is 137 Å². The third-order valence-electron chi connectivity index (χ3n) is 6.14. The summed E-state index contributed by atoms with van der Waals surface area (Å²) < 4.78 is 0. The molecule has 1 aromatic rings. The summed E-state index contributed by atoms with van der Waals surface area (Å²) in [5.74, 6) is 2.47. The number of nitrogens with one attached hydrogen (secondary N) is 1. The lowest BCUT2D eigenvalue weighted by Crippen LogP contribution is -2.47. The third-order valence-corrected chi connectivity index (χ3v) is 6.14. The van der Waals surface area contributed by atoms with Crippen LogP contribution in [0, 0.1) is 23.2 Å². The number of phenols is 1. The quantitative estimate of drug-likeness (QED) is 0.663. The molecule has 4 saturated carbocycles. The van der Waals surface area contributed by atoms with Crippen molar-refractivity contribution in [2.75, 3.05) is 0 Å². The molecule has 0 spiro atoms. The fourth-order valence-corrected chi connectivity index (χ4v) is 5.35. The van der Waals surface area contributed by atoms with Gasteiger partial charge in [-0.2, -0.15) is 5.10 Å². The van der Waals surface area contributed by atoms with Gasteiger partial charge < -0.3 is 5.11 Å². The molecule has 2 N–H and O–H groups in total. The number of benzene rings is 1. The average molecular weight is 312 g/mol. The monoisotopic (exact) mass is 312 g/mol. The molecule has 0 aliphatic heterocycles. The number of phenolic OH excluding ortho intramolecular Hbond substituents is 1. The Morgan fingerprint density at radius 2 is 1.78 bits per heavy atom. The van der Waals surface area contributed by atoms with Crippen molar-refractivity contribution in [2.24, 2.45) is 28.3 Å². The molecule has 4 aliphatic carbocycles. The van der Waals surface area contributed by atoms with E-state index < -0.39 is 0 Å². The van der Waals surface area contributed by atoms with E-state index in [4.69, 9.17) is 0 Å². The van der Waals surface area contributed by atoms with Crippen LogP contribution >= 0.6 is 0 Å². The maximum absolute atomic E-state index is 12.8. The van der Waals surface area contributed by atoms with Crippen molar-refractivity contribution < 1.29 is 9.90 Å². The lowest BCUT2D eigenvalue weighted by molar-refractivity contribution is -0.138. The Balaban J connectivity index is 1.48. The Morgan fingerprint density at radius 3 is 2.48 bits per heavy atom. The maximum atomic E-state index is 12.8. The van der Waals surface area contributed by atoms with Crippen LogP contribution in [0.1, 0.15) is 50.5 Å². The summed E-state index contributed by atoms with van der Waals surface area (Å²) in [7, 11) is 0. The molecular formula is C19H24N2O2. The van der Waals surface area contributed by atoms with E-state index in [0.29, 0.717) is 5.56 Å². The predicted molar refractivity (Wildman–Crippen MR) is 89.1 cm³/mol. The van der Waals surface area contributed by atoms with Gasteiger partial charge in [0.05, 0.1) is 11.6 Å². The van der Waals surface area contributed by atoms with Crippen molar-refractivity contribution in [1.82, 2.24) is 5.43 Å². The Bertz CT molecular complexity index is 624. The van der Waals surface area contributed by atoms with Crippen LogP contribution in [-0.4, -0.2) is 17.2 Å². The molecule has 1 aromatic carbocycles. The molecule has 0 heterocycles. The van der Waals surface area contributed by atoms with Crippen LogP contribution < -0.4 is 5.43 Å². The first-order chi connectivity index (χ1) is 11.1. The van der Waals surface area contributed by atoms with Gasteiger partial charge in [0.15, 0.2) is 0 Å². The first-order valence-electron chi connectivity index (χ1n) is 8.76. The summed E-state index contributed by atoms with van der Waals surface area (Å²) in [6.07, 6.45) is 9.91. The molecular weight excluding hydrogens is 288 g/mol. The number of fused-ring (bicyclic) bond motifs is 1. The second kappa shape index (κ2) is 5.66. The van der Waals surface area contributed by atoms with E-state index in [1.54, 1.807) is 18.2 Å². The lowest BCUT2D eigenvalue weighted by atomic mass is 9.58. The van der Waals surface area contributed by atoms with Gasteiger partial charge in [-0.25, -0.2) is 5.43 Å². The molecule has 2 atom stereocenters. The predicted octanol–water partition coefficient (Wildman–Crippen LogP) is 3.45. The molecule has 0 saturated heterocycles. The smallest absolute Gasteiger partial charge is 0.246 e. The minimum absolute atomic E-state index is 0.0884. The zero-order chi connectivity index (χ0) is 15.9. The Morgan fingerprint density at radius 1 is 1.13 bits per heavy atom. The number of para-hydroxylation sites is 1. The number of hydrazone groups is 1. The van der Waals surface area contributed by atoms with E-state index in [-0.39, 0.29) is 17.1 Å². The molecule has 0 radical (unpaired) electrons. The van der Waals surface area contributed by atoms with Crippen LogP contribution in [0.15, 0.2) is 29.4 Å². The SMILES string of the molecule is O=C(N/N=C/c1ccccc1O)C12CC3C[C@@H](CC[C@H](C3)C1)C2. The highest BCUT2D eigenvalue weighted by molar-refractivity contribution is 5.87. The standard InChI is InChI=1S/C19H24N2O2/c22-17-4-2-1-3-16(17)12-20-21-18(23)19-9-13-5-6-14(10-19)8-15(7-13)11-19/h1-4,12-15,22H,5-11H2,(H,21,23)/b20-12+/t13-,14-,15?,19?/m1/s1. The van der Waals surface area contributed by atoms with Crippen LogP contribution in [-0.2, 0) is 4.79 Å². The van der Waals surface area contributed by atoms with Crippen molar-refractivity contribution >= 4 is 12.1 Å². The summed E-state index contributed by atoms with van der Waals surface area (Å²) >= 11 is 0. The summed E-state index contributed by atoms with van der Waals surface area (Å²) in [6.45, 7) is 0. The highest BCUT2D eigenvalue weighted by atomic mass is 16.3. The van der Waals surface area contributed by atoms with Crippen LogP contribution in [0.4, 0.5) is 0 Å². The van der Waals surface area contributed by atoms with Gasteiger partial charge in [-0.3, -0.25) is 4.79 Å². The number of carbonyl (C=O) groups excluding carboxylic acids is 1. The lowest BCUT2D eigenvalue weighted by Gasteiger charge is -2.46. The van der Waals surface area contributed by atoms with Gasteiger partial charge in [-0.05, 0) is 62.0 Å². The van der Waals surface area contributed by atoms with E-state index in [1.165, 1.54) is 31.9 Å². The summed E-state index contributed by atoms with van der Waals surface area (Å²) in [5, 5.41) is 13.8.